The molecule has 1 aromatic carbocycles. The van der Waals surface area contributed by atoms with Crippen LogP contribution in [0.5, 0.6) is 0 Å². The molecule has 0 amide bonds. The molecule has 0 radical (unpaired) electrons. The smallest absolute Gasteiger partial charge is 0.270 e. The van der Waals surface area contributed by atoms with E-state index in [1.165, 1.54) is 31.4 Å². The number of hydrogen-bond acceptors (Lipinski definition) is 3. The van der Waals surface area contributed by atoms with Gasteiger partial charge in [0.05, 0.1) is 4.92 Å². The van der Waals surface area contributed by atoms with Crippen LogP contribution in [0.15, 0.2) is 22.7 Å². The molecule has 0 fully saturated rings. The highest BCUT2D eigenvalue weighted by Gasteiger charge is 2.08. The van der Waals surface area contributed by atoms with Crippen LogP contribution in [0.3, 0.4) is 0 Å². The number of rotatable bonds is 7. The number of unbranched alkanes of at least 4 members (excludes halogenated alkanes) is 3. The van der Waals surface area contributed by atoms with Gasteiger partial charge in [0.1, 0.15) is 0 Å². The molecule has 0 aliphatic heterocycles. The van der Waals surface area contributed by atoms with Crippen LogP contribution in [0.1, 0.15) is 32.6 Å². The number of nitrogens with zero attached hydrogens (tertiary/aromatic N) is 1. The number of hydrogen-bond donors (Lipinski definition) is 1. The van der Waals surface area contributed by atoms with Gasteiger partial charge < -0.3 is 5.32 Å². The second-order valence-corrected chi connectivity index (χ2v) is 4.76. The lowest BCUT2D eigenvalue weighted by Crippen LogP contribution is -2.02. The molecule has 4 nitrogen and oxygen atoms in total. The van der Waals surface area contributed by atoms with Crippen molar-refractivity contribution in [2.45, 2.75) is 32.6 Å². The maximum atomic E-state index is 10.6. The maximum absolute atomic E-state index is 10.6. The van der Waals surface area contributed by atoms with E-state index >= 15 is 0 Å². The van der Waals surface area contributed by atoms with Crippen LogP contribution < -0.4 is 5.32 Å². The van der Waals surface area contributed by atoms with Crippen LogP contribution in [0.4, 0.5) is 11.4 Å². The normalized spacial score (nSPS) is 10.2. The SMILES string of the molecule is CCCCCCNc1ccc([N+](=O)[O-])cc1Br. The second-order valence-electron chi connectivity index (χ2n) is 3.91. The van der Waals surface area contributed by atoms with Crippen molar-refractivity contribution in [1.29, 1.82) is 0 Å². The zero-order valence-corrected chi connectivity index (χ0v) is 11.5. The second kappa shape index (κ2) is 7.27. The van der Waals surface area contributed by atoms with E-state index in [9.17, 15) is 10.1 Å². The van der Waals surface area contributed by atoms with Crippen LogP contribution in [0, 0.1) is 10.1 Å². The van der Waals surface area contributed by atoms with Crippen LogP contribution >= 0.6 is 15.9 Å². The van der Waals surface area contributed by atoms with Crippen molar-refractivity contribution in [3.63, 3.8) is 0 Å². The summed E-state index contributed by atoms with van der Waals surface area (Å²) < 4.78 is 0.738. The summed E-state index contributed by atoms with van der Waals surface area (Å²) >= 11 is 3.33. The van der Waals surface area contributed by atoms with E-state index < -0.39 is 4.92 Å². The number of halogens is 1. The van der Waals surface area contributed by atoms with Gasteiger partial charge in [-0.1, -0.05) is 26.2 Å². The average molecular weight is 301 g/mol. The monoisotopic (exact) mass is 300 g/mol. The van der Waals surface area contributed by atoms with Crippen molar-refractivity contribution in [1.82, 2.24) is 0 Å². The lowest BCUT2D eigenvalue weighted by atomic mass is 10.2. The predicted molar refractivity (Wildman–Crippen MR) is 73.4 cm³/mol. The van der Waals surface area contributed by atoms with Gasteiger partial charge in [0, 0.05) is 28.8 Å². The number of nitrogens with one attached hydrogen (secondary N) is 1. The van der Waals surface area contributed by atoms with Gasteiger partial charge in [-0.25, -0.2) is 0 Å². The summed E-state index contributed by atoms with van der Waals surface area (Å²) in [6.07, 6.45) is 4.82. The topological polar surface area (TPSA) is 55.2 Å². The molecule has 0 saturated carbocycles. The van der Waals surface area contributed by atoms with Gasteiger partial charge in [0.15, 0.2) is 0 Å². The first kappa shape index (κ1) is 14.0. The number of benzene rings is 1. The number of nitro benzene ring substituents is 1. The quantitative estimate of drug-likeness (QED) is 0.463. The molecule has 1 rings (SSSR count). The highest BCUT2D eigenvalue weighted by molar-refractivity contribution is 9.10. The molecule has 17 heavy (non-hydrogen) atoms. The number of anilines is 1. The summed E-state index contributed by atoms with van der Waals surface area (Å²) in [7, 11) is 0. The Morgan fingerprint density at radius 2 is 2.12 bits per heavy atom. The lowest BCUT2D eigenvalue weighted by molar-refractivity contribution is -0.384. The standard InChI is InChI=1S/C12H17BrN2O2/c1-2-3-4-5-8-14-12-7-6-10(15(16)17)9-11(12)13/h6-7,9,14H,2-5,8H2,1H3. The Balaban J connectivity index is 2.46. The molecule has 1 aromatic rings. The van der Waals surface area contributed by atoms with Crippen molar-refractivity contribution < 1.29 is 4.92 Å². The minimum atomic E-state index is -0.393. The Morgan fingerprint density at radius 3 is 2.71 bits per heavy atom. The Morgan fingerprint density at radius 1 is 1.35 bits per heavy atom. The van der Waals surface area contributed by atoms with Gasteiger partial charge in [-0.3, -0.25) is 10.1 Å². The van der Waals surface area contributed by atoms with Gasteiger partial charge >= 0.3 is 0 Å². The molecular formula is C12H17BrN2O2. The number of non-ortho nitro benzene ring substituents is 1. The third-order valence-electron chi connectivity index (χ3n) is 2.51. The third-order valence-corrected chi connectivity index (χ3v) is 3.17. The van der Waals surface area contributed by atoms with Crippen LogP contribution in [-0.2, 0) is 0 Å². The van der Waals surface area contributed by atoms with Crippen molar-refractivity contribution in [3.8, 4) is 0 Å². The van der Waals surface area contributed by atoms with E-state index in [1.807, 2.05) is 0 Å². The molecule has 0 saturated heterocycles. The molecule has 0 bridgehead atoms. The molecule has 0 aliphatic rings. The molecule has 0 heterocycles. The van der Waals surface area contributed by atoms with Gasteiger partial charge in [-0.05, 0) is 28.4 Å². The van der Waals surface area contributed by atoms with E-state index in [-0.39, 0.29) is 5.69 Å². The van der Waals surface area contributed by atoms with Crippen molar-refractivity contribution in [2.75, 3.05) is 11.9 Å². The van der Waals surface area contributed by atoms with E-state index in [2.05, 4.69) is 28.2 Å². The van der Waals surface area contributed by atoms with Crippen LogP contribution in [-0.4, -0.2) is 11.5 Å². The summed E-state index contributed by atoms with van der Waals surface area (Å²) in [5, 5.41) is 13.8. The van der Waals surface area contributed by atoms with E-state index in [4.69, 9.17) is 0 Å². The molecular weight excluding hydrogens is 284 g/mol. The first-order valence-electron chi connectivity index (χ1n) is 5.83. The highest BCUT2D eigenvalue weighted by atomic mass is 79.9. The van der Waals surface area contributed by atoms with Crippen LogP contribution in [0.2, 0.25) is 0 Å². The summed E-state index contributed by atoms with van der Waals surface area (Å²) in [5.74, 6) is 0. The third kappa shape index (κ3) is 4.73. The van der Waals surface area contributed by atoms with Gasteiger partial charge in [0.2, 0.25) is 0 Å². The van der Waals surface area contributed by atoms with Crippen molar-refractivity contribution in [2.24, 2.45) is 0 Å². The maximum Gasteiger partial charge on any atom is 0.270 e. The zero-order valence-electron chi connectivity index (χ0n) is 9.91. The molecule has 0 spiro atoms. The first-order valence-corrected chi connectivity index (χ1v) is 6.62. The summed E-state index contributed by atoms with van der Waals surface area (Å²) in [4.78, 5) is 10.2. The average Bonchev–Trinajstić information content (AvgIpc) is 2.30. The predicted octanol–water partition coefficient (Wildman–Crippen LogP) is 4.35. The fourth-order valence-corrected chi connectivity index (χ4v) is 2.04. The summed E-state index contributed by atoms with van der Waals surface area (Å²) in [5.41, 5.74) is 1.01. The minimum absolute atomic E-state index is 0.105. The summed E-state index contributed by atoms with van der Waals surface area (Å²) in [6.45, 7) is 3.08. The molecule has 1 N–H and O–H groups in total. The Hall–Kier alpha value is -1.10. The zero-order chi connectivity index (χ0) is 12.7. The Labute approximate surface area is 110 Å². The lowest BCUT2D eigenvalue weighted by Gasteiger charge is -2.07. The Kier molecular flexibility index (Phi) is 5.97. The fraction of sp³-hybridized carbons (Fsp3) is 0.500. The van der Waals surface area contributed by atoms with Crippen LogP contribution in [0.25, 0.3) is 0 Å². The Bertz CT molecular complexity index is 383. The fourth-order valence-electron chi connectivity index (χ4n) is 1.54. The molecule has 0 atom stereocenters. The van der Waals surface area contributed by atoms with E-state index in [0.717, 1.165) is 23.1 Å². The minimum Gasteiger partial charge on any atom is -0.384 e. The molecule has 5 heteroatoms. The van der Waals surface area contributed by atoms with E-state index in [1.54, 1.807) is 6.07 Å². The van der Waals surface area contributed by atoms with E-state index in [0.29, 0.717) is 0 Å². The molecule has 0 aliphatic carbocycles. The molecule has 94 valence electrons. The summed E-state index contributed by atoms with van der Waals surface area (Å²) in [6, 6.07) is 4.77. The first-order chi connectivity index (χ1) is 8.15. The molecule has 0 aromatic heterocycles. The number of nitro groups is 1. The molecule has 0 unspecified atom stereocenters. The van der Waals surface area contributed by atoms with Crippen molar-refractivity contribution >= 4 is 27.3 Å². The van der Waals surface area contributed by atoms with Gasteiger partial charge in [-0.2, -0.15) is 0 Å². The van der Waals surface area contributed by atoms with Crippen molar-refractivity contribution in [3.05, 3.63) is 32.8 Å². The highest BCUT2D eigenvalue weighted by Crippen LogP contribution is 2.27. The largest absolute Gasteiger partial charge is 0.384 e. The van der Waals surface area contributed by atoms with Gasteiger partial charge in [0.25, 0.3) is 5.69 Å². The van der Waals surface area contributed by atoms with Gasteiger partial charge in [-0.15, -0.1) is 0 Å².